The molecule has 0 aliphatic heterocycles. The minimum absolute atomic E-state index is 0.244. The fourth-order valence-electron chi connectivity index (χ4n) is 1.24. The van der Waals surface area contributed by atoms with Crippen LogP contribution in [-0.2, 0) is 12.8 Å². The number of thiazole rings is 1. The number of nitrogens with zero attached hydrogens (tertiary/aromatic N) is 1. The number of carboxylic acid groups (broad SMARTS) is 1. The predicted octanol–water partition coefficient (Wildman–Crippen LogP) is 2.60. The Morgan fingerprint density at radius 3 is 2.57 bits per heavy atom. The van der Waals surface area contributed by atoms with Crippen molar-refractivity contribution in [2.24, 2.45) is 5.92 Å². The van der Waals surface area contributed by atoms with Gasteiger partial charge in [-0.25, -0.2) is 9.78 Å². The van der Waals surface area contributed by atoms with Gasteiger partial charge < -0.3 is 5.11 Å². The largest absolute Gasteiger partial charge is 0.476 e. The summed E-state index contributed by atoms with van der Waals surface area (Å²) in [6.07, 6.45) is 1.61. The van der Waals surface area contributed by atoms with Gasteiger partial charge in [0.15, 0.2) is 5.69 Å². The van der Waals surface area contributed by atoms with Gasteiger partial charge in [-0.3, -0.25) is 0 Å². The first-order valence-corrected chi connectivity index (χ1v) is 5.58. The van der Waals surface area contributed by atoms with E-state index < -0.39 is 5.97 Å². The SMILES string of the molecule is CCc1sc(CC(C)C)nc1C(=O)O. The minimum atomic E-state index is -0.909. The maximum atomic E-state index is 10.8. The molecule has 0 aliphatic rings. The van der Waals surface area contributed by atoms with Gasteiger partial charge in [-0.05, 0) is 12.3 Å². The van der Waals surface area contributed by atoms with Crippen molar-refractivity contribution in [3.63, 3.8) is 0 Å². The van der Waals surface area contributed by atoms with E-state index in [0.29, 0.717) is 5.92 Å². The van der Waals surface area contributed by atoms with Crippen molar-refractivity contribution in [2.75, 3.05) is 0 Å². The van der Waals surface area contributed by atoms with Gasteiger partial charge in [0.1, 0.15) is 0 Å². The van der Waals surface area contributed by atoms with E-state index in [0.717, 1.165) is 22.7 Å². The lowest BCUT2D eigenvalue weighted by atomic mass is 10.1. The van der Waals surface area contributed by atoms with Crippen LogP contribution < -0.4 is 0 Å². The van der Waals surface area contributed by atoms with Crippen LogP contribution in [0.25, 0.3) is 0 Å². The molecule has 0 amide bonds. The Morgan fingerprint density at radius 2 is 2.21 bits per heavy atom. The summed E-state index contributed by atoms with van der Waals surface area (Å²) in [6, 6.07) is 0. The van der Waals surface area contributed by atoms with E-state index >= 15 is 0 Å². The summed E-state index contributed by atoms with van der Waals surface area (Å²) in [6.45, 7) is 6.17. The number of hydrogen-bond donors (Lipinski definition) is 1. The quantitative estimate of drug-likeness (QED) is 0.836. The second-order valence-electron chi connectivity index (χ2n) is 3.64. The average Bonchev–Trinajstić information content (AvgIpc) is 2.46. The Hall–Kier alpha value is -0.900. The lowest BCUT2D eigenvalue weighted by Crippen LogP contribution is -2.01. The van der Waals surface area contributed by atoms with Crippen LogP contribution in [0, 0.1) is 5.92 Å². The monoisotopic (exact) mass is 213 g/mol. The fourth-order valence-corrected chi connectivity index (χ4v) is 2.46. The highest BCUT2D eigenvalue weighted by Gasteiger charge is 2.16. The molecule has 1 heterocycles. The van der Waals surface area contributed by atoms with Gasteiger partial charge >= 0.3 is 5.97 Å². The van der Waals surface area contributed by atoms with Crippen LogP contribution in [0.4, 0.5) is 0 Å². The summed E-state index contributed by atoms with van der Waals surface area (Å²) < 4.78 is 0. The molecule has 1 N–H and O–H groups in total. The smallest absolute Gasteiger partial charge is 0.355 e. The summed E-state index contributed by atoms with van der Waals surface area (Å²) in [4.78, 5) is 15.8. The highest BCUT2D eigenvalue weighted by molar-refractivity contribution is 7.11. The van der Waals surface area contributed by atoms with Crippen molar-refractivity contribution in [2.45, 2.75) is 33.6 Å². The molecule has 0 aliphatic carbocycles. The molecule has 4 heteroatoms. The summed E-state index contributed by atoms with van der Waals surface area (Å²) in [7, 11) is 0. The van der Waals surface area contributed by atoms with Crippen LogP contribution >= 0.6 is 11.3 Å². The van der Waals surface area contributed by atoms with Gasteiger partial charge in [-0.1, -0.05) is 20.8 Å². The lowest BCUT2D eigenvalue weighted by molar-refractivity contribution is 0.0690. The van der Waals surface area contributed by atoms with Crippen LogP contribution in [0.1, 0.15) is 41.1 Å². The first kappa shape index (κ1) is 11.2. The molecule has 0 aromatic carbocycles. The van der Waals surface area contributed by atoms with Gasteiger partial charge in [0.2, 0.25) is 0 Å². The minimum Gasteiger partial charge on any atom is -0.476 e. The molecule has 0 atom stereocenters. The second kappa shape index (κ2) is 4.55. The number of carbonyl (C=O) groups is 1. The fraction of sp³-hybridized carbons (Fsp3) is 0.600. The van der Waals surface area contributed by atoms with E-state index in [-0.39, 0.29) is 5.69 Å². The molecule has 78 valence electrons. The Bertz CT molecular complexity index is 331. The number of aromatic nitrogens is 1. The van der Waals surface area contributed by atoms with E-state index in [4.69, 9.17) is 5.11 Å². The molecule has 0 spiro atoms. The first-order valence-electron chi connectivity index (χ1n) is 4.76. The maximum absolute atomic E-state index is 10.8. The second-order valence-corrected chi connectivity index (χ2v) is 4.80. The summed E-state index contributed by atoms with van der Waals surface area (Å²) in [5.41, 5.74) is 0.244. The van der Waals surface area contributed by atoms with Gasteiger partial charge in [0, 0.05) is 11.3 Å². The number of aromatic carboxylic acids is 1. The molecular weight excluding hydrogens is 198 g/mol. The van der Waals surface area contributed by atoms with Crippen molar-refractivity contribution in [3.8, 4) is 0 Å². The van der Waals surface area contributed by atoms with Crippen molar-refractivity contribution in [1.82, 2.24) is 4.98 Å². The van der Waals surface area contributed by atoms with Gasteiger partial charge in [-0.15, -0.1) is 11.3 Å². The highest BCUT2D eigenvalue weighted by Crippen LogP contribution is 2.21. The number of carboxylic acids is 1. The molecule has 0 unspecified atom stereocenters. The molecular formula is C10H15NO2S. The summed E-state index contributed by atoms with van der Waals surface area (Å²) >= 11 is 1.52. The first-order chi connectivity index (χ1) is 6.54. The molecule has 0 saturated carbocycles. The van der Waals surface area contributed by atoms with E-state index in [1.807, 2.05) is 6.92 Å². The third-order valence-corrected chi connectivity index (χ3v) is 3.07. The summed E-state index contributed by atoms with van der Waals surface area (Å²) in [5, 5.41) is 9.83. The van der Waals surface area contributed by atoms with Crippen LogP contribution in [-0.4, -0.2) is 16.1 Å². The zero-order valence-corrected chi connectivity index (χ0v) is 9.52. The van der Waals surface area contributed by atoms with E-state index in [9.17, 15) is 4.79 Å². The Balaban J connectivity index is 2.94. The van der Waals surface area contributed by atoms with Crippen LogP contribution in [0.5, 0.6) is 0 Å². The lowest BCUT2D eigenvalue weighted by Gasteiger charge is -1.97. The van der Waals surface area contributed by atoms with E-state index in [1.54, 1.807) is 0 Å². The van der Waals surface area contributed by atoms with Crippen molar-refractivity contribution in [1.29, 1.82) is 0 Å². The Labute approximate surface area is 87.8 Å². The predicted molar refractivity (Wildman–Crippen MR) is 57.0 cm³/mol. The van der Waals surface area contributed by atoms with Crippen molar-refractivity contribution >= 4 is 17.3 Å². The van der Waals surface area contributed by atoms with Gasteiger partial charge in [0.25, 0.3) is 0 Å². The topological polar surface area (TPSA) is 50.2 Å². The van der Waals surface area contributed by atoms with Crippen LogP contribution in [0.15, 0.2) is 0 Å². The number of rotatable bonds is 4. The molecule has 1 aromatic heterocycles. The molecule has 3 nitrogen and oxygen atoms in total. The highest BCUT2D eigenvalue weighted by atomic mass is 32.1. The standard InChI is InChI=1S/C10H15NO2S/c1-4-7-9(10(12)13)11-8(14-7)5-6(2)3/h6H,4-5H2,1-3H3,(H,12,13). The normalized spacial score (nSPS) is 10.9. The Morgan fingerprint density at radius 1 is 1.57 bits per heavy atom. The molecule has 14 heavy (non-hydrogen) atoms. The molecule has 0 fully saturated rings. The zero-order valence-electron chi connectivity index (χ0n) is 8.70. The molecule has 0 bridgehead atoms. The Kier molecular flexibility index (Phi) is 3.63. The van der Waals surface area contributed by atoms with Crippen molar-refractivity contribution in [3.05, 3.63) is 15.6 Å². The zero-order chi connectivity index (χ0) is 10.7. The van der Waals surface area contributed by atoms with Crippen molar-refractivity contribution < 1.29 is 9.90 Å². The molecule has 1 rings (SSSR count). The van der Waals surface area contributed by atoms with Crippen LogP contribution in [0.2, 0.25) is 0 Å². The summed E-state index contributed by atoms with van der Waals surface area (Å²) in [5.74, 6) is -0.388. The van der Waals surface area contributed by atoms with E-state index in [2.05, 4.69) is 18.8 Å². The third kappa shape index (κ3) is 2.54. The molecule has 1 aromatic rings. The third-order valence-electron chi connectivity index (χ3n) is 1.85. The number of hydrogen-bond acceptors (Lipinski definition) is 3. The van der Waals surface area contributed by atoms with Gasteiger partial charge in [-0.2, -0.15) is 0 Å². The molecule has 0 radical (unpaired) electrons. The average molecular weight is 213 g/mol. The maximum Gasteiger partial charge on any atom is 0.355 e. The number of aryl methyl sites for hydroxylation is 1. The van der Waals surface area contributed by atoms with E-state index in [1.165, 1.54) is 11.3 Å². The molecule has 0 saturated heterocycles. The van der Waals surface area contributed by atoms with Crippen LogP contribution in [0.3, 0.4) is 0 Å². The van der Waals surface area contributed by atoms with Gasteiger partial charge in [0.05, 0.1) is 5.01 Å².